The summed E-state index contributed by atoms with van der Waals surface area (Å²) in [6.45, 7) is 3.00. The van der Waals surface area contributed by atoms with E-state index in [1.165, 1.54) is 12.8 Å². The predicted molar refractivity (Wildman–Crippen MR) is 73.7 cm³/mol. The summed E-state index contributed by atoms with van der Waals surface area (Å²) in [6, 6.07) is 8.13. The molecule has 0 radical (unpaired) electrons. The molecule has 0 atom stereocenters. The normalized spacial score (nSPS) is 10.6. The first-order chi connectivity index (χ1) is 8.81. The molecule has 0 amide bonds. The average Bonchev–Trinajstić information content (AvgIpc) is 2.82. The summed E-state index contributed by atoms with van der Waals surface area (Å²) in [4.78, 5) is 4.32. The predicted octanol–water partition coefficient (Wildman–Crippen LogP) is 3.66. The number of benzene rings is 1. The van der Waals surface area contributed by atoms with Crippen LogP contribution in [0.3, 0.4) is 0 Å². The fraction of sp³-hybridized carbons (Fsp3) is 0.400. The zero-order valence-electron chi connectivity index (χ0n) is 11.1. The summed E-state index contributed by atoms with van der Waals surface area (Å²) in [5.41, 5.74) is 1.11. The summed E-state index contributed by atoms with van der Waals surface area (Å²) in [6.07, 6.45) is 7.33. The van der Waals surface area contributed by atoms with Crippen LogP contribution in [0.4, 0.5) is 0 Å². The molecule has 0 spiro atoms. The van der Waals surface area contributed by atoms with Gasteiger partial charge in [0.05, 0.1) is 6.61 Å². The van der Waals surface area contributed by atoms with Crippen LogP contribution in [0.1, 0.15) is 26.2 Å². The first kappa shape index (κ1) is 12.7. The first-order valence-electron chi connectivity index (χ1n) is 6.52. The maximum absolute atomic E-state index is 5.68. The number of nitrogens with zero attached hydrogens (tertiary/aromatic N) is 2. The fourth-order valence-corrected chi connectivity index (χ4v) is 1.89. The van der Waals surface area contributed by atoms with Gasteiger partial charge in [0.15, 0.2) is 0 Å². The molecule has 0 saturated heterocycles. The highest BCUT2D eigenvalue weighted by molar-refractivity contribution is 5.56. The van der Waals surface area contributed by atoms with Gasteiger partial charge < -0.3 is 9.30 Å². The molecular formula is C15H20N2O. The number of unbranched alkanes of at least 4 members (excludes halogenated alkanes) is 2. The Morgan fingerprint density at radius 3 is 2.56 bits per heavy atom. The van der Waals surface area contributed by atoms with Gasteiger partial charge in [-0.25, -0.2) is 4.98 Å². The quantitative estimate of drug-likeness (QED) is 0.725. The van der Waals surface area contributed by atoms with Crippen molar-refractivity contribution >= 4 is 0 Å². The lowest BCUT2D eigenvalue weighted by Gasteiger charge is -2.07. The Hall–Kier alpha value is -1.77. The van der Waals surface area contributed by atoms with Gasteiger partial charge in [-0.1, -0.05) is 19.8 Å². The SMILES string of the molecule is CCCCCOc1ccc(-c2nccn2C)cc1. The zero-order valence-corrected chi connectivity index (χ0v) is 11.1. The summed E-state index contributed by atoms with van der Waals surface area (Å²) in [5, 5.41) is 0. The van der Waals surface area contributed by atoms with Gasteiger partial charge >= 0.3 is 0 Å². The van der Waals surface area contributed by atoms with Crippen LogP contribution in [0.15, 0.2) is 36.7 Å². The average molecular weight is 244 g/mol. The highest BCUT2D eigenvalue weighted by Gasteiger charge is 2.02. The van der Waals surface area contributed by atoms with E-state index >= 15 is 0 Å². The van der Waals surface area contributed by atoms with Gasteiger partial charge in [0.2, 0.25) is 0 Å². The van der Waals surface area contributed by atoms with Gasteiger partial charge in [0, 0.05) is 25.0 Å². The van der Waals surface area contributed by atoms with E-state index < -0.39 is 0 Å². The monoisotopic (exact) mass is 244 g/mol. The molecule has 2 rings (SSSR count). The molecule has 3 heteroatoms. The van der Waals surface area contributed by atoms with Crippen LogP contribution in [0.25, 0.3) is 11.4 Å². The first-order valence-corrected chi connectivity index (χ1v) is 6.52. The number of aromatic nitrogens is 2. The van der Waals surface area contributed by atoms with Crippen molar-refractivity contribution in [2.75, 3.05) is 6.61 Å². The maximum atomic E-state index is 5.68. The van der Waals surface area contributed by atoms with Crippen LogP contribution in [-0.4, -0.2) is 16.2 Å². The van der Waals surface area contributed by atoms with E-state index in [0.29, 0.717) is 0 Å². The molecule has 2 aromatic rings. The second kappa shape index (κ2) is 6.24. The molecule has 0 bridgehead atoms. The van der Waals surface area contributed by atoms with Crippen molar-refractivity contribution in [3.63, 3.8) is 0 Å². The van der Waals surface area contributed by atoms with Gasteiger partial charge in [-0.3, -0.25) is 0 Å². The summed E-state index contributed by atoms with van der Waals surface area (Å²) >= 11 is 0. The van der Waals surface area contributed by atoms with E-state index in [1.54, 1.807) is 0 Å². The minimum atomic E-state index is 0.801. The second-order valence-electron chi connectivity index (χ2n) is 4.44. The summed E-state index contributed by atoms with van der Waals surface area (Å²) in [5.74, 6) is 1.91. The topological polar surface area (TPSA) is 27.1 Å². The van der Waals surface area contributed by atoms with Crippen molar-refractivity contribution in [1.29, 1.82) is 0 Å². The number of hydrogen-bond donors (Lipinski definition) is 0. The van der Waals surface area contributed by atoms with E-state index in [0.717, 1.165) is 30.2 Å². The highest BCUT2D eigenvalue weighted by Crippen LogP contribution is 2.20. The Bertz CT molecular complexity index is 473. The second-order valence-corrected chi connectivity index (χ2v) is 4.44. The molecular weight excluding hydrogens is 224 g/mol. The molecule has 0 N–H and O–H groups in total. The van der Waals surface area contributed by atoms with Crippen LogP contribution in [0, 0.1) is 0 Å². The van der Waals surface area contributed by atoms with Crippen LogP contribution >= 0.6 is 0 Å². The number of aryl methyl sites for hydroxylation is 1. The molecule has 96 valence electrons. The van der Waals surface area contributed by atoms with E-state index in [1.807, 2.05) is 36.1 Å². The van der Waals surface area contributed by atoms with E-state index in [4.69, 9.17) is 4.74 Å². The molecule has 0 aliphatic heterocycles. The molecule has 0 fully saturated rings. The van der Waals surface area contributed by atoms with Crippen LogP contribution in [-0.2, 0) is 7.05 Å². The molecule has 0 unspecified atom stereocenters. The molecule has 0 saturated carbocycles. The third kappa shape index (κ3) is 3.13. The van der Waals surface area contributed by atoms with Crippen LogP contribution in [0.2, 0.25) is 0 Å². The Morgan fingerprint density at radius 2 is 1.94 bits per heavy atom. The third-order valence-corrected chi connectivity index (χ3v) is 2.95. The number of ether oxygens (including phenoxy) is 1. The molecule has 0 aliphatic carbocycles. The van der Waals surface area contributed by atoms with Gasteiger partial charge in [0.1, 0.15) is 11.6 Å². The minimum Gasteiger partial charge on any atom is -0.494 e. The molecule has 3 nitrogen and oxygen atoms in total. The Labute approximate surface area is 108 Å². The third-order valence-electron chi connectivity index (χ3n) is 2.95. The Balaban J connectivity index is 1.96. The maximum Gasteiger partial charge on any atom is 0.139 e. The van der Waals surface area contributed by atoms with Gasteiger partial charge in [-0.15, -0.1) is 0 Å². The molecule has 0 aliphatic rings. The molecule has 18 heavy (non-hydrogen) atoms. The fourth-order valence-electron chi connectivity index (χ4n) is 1.89. The Kier molecular flexibility index (Phi) is 4.40. The smallest absolute Gasteiger partial charge is 0.139 e. The van der Waals surface area contributed by atoms with E-state index in [9.17, 15) is 0 Å². The number of imidazole rings is 1. The van der Waals surface area contributed by atoms with Crippen molar-refractivity contribution in [3.8, 4) is 17.1 Å². The van der Waals surface area contributed by atoms with Gasteiger partial charge in [0.25, 0.3) is 0 Å². The van der Waals surface area contributed by atoms with Crippen LogP contribution < -0.4 is 4.74 Å². The van der Waals surface area contributed by atoms with Crippen molar-refractivity contribution in [2.45, 2.75) is 26.2 Å². The summed E-state index contributed by atoms with van der Waals surface area (Å²) < 4.78 is 7.69. The Morgan fingerprint density at radius 1 is 1.17 bits per heavy atom. The number of hydrogen-bond acceptors (Lipinski definition) is 2. The molecule has 1 aromatic heterocycles. The lowest BCUT2D eigenvalue weighted by Crippen LogP contribution is -1.97. The largest absolute Gasteiger partial charge is 0.494 e. The van der Waals surface area contributed by atoms with Crippen molar-refractivity contribution < 1.29 is 4.74 Å². The number of rotatable bonds is 6. The standard InChI is InChI=1S/C15H20N2O/c1-3-4-5-12-18-14-8-6-13(7-9-14)15-16-10-11-17(15)2/h6-11H,3-5,12H2,1-2H3. The van der Waals surface area contributed by atoms with E-state index in [-0.39, 0.29) is 0 Å². The lowest BCUT2D eigenvalue weighted by atomic mass is 10.2. The van der Waals surface area contributed by atoms with Crippen molar-refractivity contribution in [3.05, 3.63) is 36.7 Å². The van der Waals surface area contributed by atoms with Gasteiger partial charge in [-0.05, 0) is 30.7 Å². The minimum absolute atomic E-state index is 0.801. The molecule has 1 heterocycles. The van der Waals surface area contributed by atoms with E-state index in [2.05, 4.69) is 24.0 Å². The highest BCUT2D eigenvalue weighted by atomic mass is 16.5. The zero-order chi connectivity index (χ0) is 12.8. The van der Waals surface area contributed by atoms with Crippen molar-refractivity contribution in [2.24, 2.45) is 7.05 Å². The summed E-state index contributed by atoms with van der Waals surface area (Å²) in [7, 11) is 2.00. The lowest BCUT2D eigenvalue weighted by molar-refractivity contribution is 0.306. The van der Waals surface area contributed by atoms with Crippen LogP contribution in [0.5, 0.6) is 5.75 Å². The molecule has 1 aromatic carbocycles. The van der Waals surface area contributed by atoms with Gasteiger partial charge in [-0.2, -0.15) is 0 Å². The van der Waals surface area contributed by atoms with Crippen molar-refractivity contribution in [1.82, 2.24) is 9.55 Å².